The summed E-state index contributed by atoms with van der Waals surface area (Å²) in [7, 11) is 0. The molecular formula is C15H20N2O2. The molecule has 0 radical (unpaired) electrons. The van der Waals surface area contributed by atoms with Gasteiger partial charge in [0.1, 0.15) is 11.4 Å². The number of hydrogen-bond donors (Lipinski definition) is 2. The topological polar surface area (TPSA) is 58.3 Å². The number of fused-ring (bicyclic) bond motifs is 1. The molecule has 1 saturated carbocycles. The van der Waals surface area contributed by atoms with E-state index < -0.39 is 0 Å². The number of aliphatic hydroxyl groups excluding tert-OH is 1. The zero-order valence-electron chi connectivity index (χ0n) is 11.1. The quantitative estimate of drug-likeness (QED) is 0.886. The molecule has 2 aromatic rings. The fraction of sp³-hybridized carbons (Fsp3) is 0.533. The van der Waals surface area contributed by atoms with Crippen molar-refractivity contribution in [2.75, 3.05) is 18.5 Å². The van der Waals surface area contributed by atoms with Gasteiger partial charge in [0, 0.05) is 18.2 Å². The summed E-state index contributed by atoms with van der Waals surface area (Å²) in [5, 5.41) is 14.1. The van der Waals surface area contributed by atoms with E-state index in [2.05, 4.69) is 10.3 Å². The number of nitrogens with zero attached hydrogens (tertiary/aromatic N) is 1. The van der Waals surface area contributed by atoms with Crippen LogP contribution < -0.4 is 5.32 Å². The van der Waals surface area contributed by atoms with Crippen LogP contribution in [-0.4, -0.2) is 23.2 Å². The Morgan fingerprint density at radius 1 is 1.26 bits per heavy atom. The van der Waals surface area contributed by atoms with Crippen molar-refractivity contribution < 1.29 is 9.52 Å². The first-order chi connectivity index (χ1) is 9.33. The first-order valence-corrected chi connectivity index (χ1v) is 7.00. The maximum absolute atomic E-state index is 9.71. The van der Waals surface area contributed by atoms with E-state index in [9.17, 15) is 5.11 Å². The molecule has 0 aromatic carbocycles. The van der Waals surface area contributed by atoms with Crippen LogP contribution >= 0.6 is 0 Å². The molecule has 3 rings (SSSR count). The van der Waals surface area contributed by atoms with Crippen molar-refractivity contribution in [2.45, 2.75) is 32.1 Å². The zero-order valence-corrected chi connectivity index (χ0v) is 11.1. The van der Waals surface area contributed by atoms with Crippen molar-refractivity contribution >= 4 is 16.8 Å². The molecule has 0 atom stereocenters. The molecule has 1 fully saturated rings. The Kier molecular flexibility index (Phi) is 3.42. The summed E-state index contributed by atoms with van der Waals surface area (Å²) >= 11 is 0. The van der Waals surface area contributed by atoms with Gasteiger partial charge in [0.2, 0.25) is 0 Å². The second kappa shape index (κ2) is 5.21. The third-order valence-corrected chi connectivity index (χ3v) is 4.26. The monoisotopic (exact) mass is 260 g/mol. The third kappa shape index (κ3) is 2.45. The predicted octanol–water partition coefficient (Wildman–Crippen LogP) is 3.18. The van der Waals surface area contributed by atoms with Crippen molar-refractivity contribution in [1.82, 2.24) is 4.98 Å². The van der Waals surface area contributed by atoms with Gasteiger partial charge in [0.05, 0.1) is 18.3 Å². The van der Waals surface area contributed by atoms with Gasteiger partial charge in [-0.05, 0) is 25.0 Å². The Hall–Kier alpha value is -1.55. The van der Waals surface area contributed by atoms with Gasteiger partial charge in [-0.3, -0.25) is 0 Å². The van der Waals surface area contributed by atoms with Crippen LogP contribution in [0.15, 0.2) is 29.0 Å². The average Bonchev–Trinajstić information content (AvgIpc) is 2.95. The fourth-order valence-corrected chi connectivity index (χ4v) is 3.00. The second-order valence-corrected chi connectivity index (χ2v) is 5.56. The summed E-state index contributed by atoms with van der Waals surface area (Å²) in [6.07, 6.45) is 9.34. The molecule has 4 nitrogen and oxygen atoms in total. The Bertz CT molecular complexity index is 544. The molecule has 0 spiro atoms. The lowest BCUT2D eigenvalue weighted by atomic mass is 9.74. The fourth-order valence-electron chi connectivity index (χ4n) is 3.00. The molecule has 102 valence electrons. The molecule has 1 aliphatic rings. The smallest absolute Gasteiger partial charge is 0.139 e. The summed E-state index contributed by atoms with van der Waals surface area (Å²) in [5.74, 6) is 0.852. The highest BCUT2D eigenvalue weighted by Crippen LogP contribution is 2.36. The van der Waals surface area contributed by atoms with E-state index in [1.54, 1.807) is 12.5 Å². The number of rotatable bonds is 4. The SMILES string of the molecule is OCC1(CNc2nccc3occc23)CCCCC1. The number of furan rings is 1. The van der Waals surface area contributed by atoms with Gasteiger partial charge in [-0.25, -0.2) is 4.98 Å². The maximum Gasteiger partial charge on any atom is 0.139 e. The largest absolute Gasteiger partial charge is 0.464 e. The zero-order chi connectivity index (χ0) is 13.1. The lowest BCUT2D eigenvalue weighted by molar-refractivity contribution is 0.0943. The number of anilines is 1. The lowest BCUT2D eigenvalue weighted by Gasteiger charge is -2.35. The molecule has 0 bridgehead atoms. The van der Waals surface area contributed by atoms with E-state index in [1.165, 1.54) is 19.3 Å². The number of hydrogen-bond acceptors (Lipinski definition) is 4. The van der Waals surface area contributed by atoms with E-state index in [-0.39, 0.29) is 12.0 Å². The van der Waals surface area contributed by atoms with Crippen molar-refractivity contribution in [3.63, 3.8) is 0 Å². The highest BCUT2D eigenvalue weighted by atomic mass is 16.3. The van der Waals surface area contributed by atoms with Gasteiger partial charge in [-0.15, -0.1) is 0 Å². The van der Waals surface area contributed by atoms with E-state index in [4.69, 9.17) is 4.42 Å². The minimum Gasteiger partial charge on any atom is -0.464 e. The Morgan fingerprint density at radius 3 is 2.89 bits per heavy atom. The third-order valence-electron chi connectivity index (χ3n) is 4.26. The summed E-state index contributed by atoms with van der Waals surface area (Å²) in [4.78, 5) is 4.38. The van der Waals surface area contributed by atoms with Gasteiger partial charge in [0.15, 0.2) is 0 Å². The number of aromatic nitrogens is 1. The molecule has 4 heteroatoms. The van der Waals surface area contributed by atoms with Gasteiger partial charge in [0.25, 0.3) is 0 Å². The van der Waals surface area contributed by atoms with Crippen LogP contribution in [0, 0.1) is 5.41 Å². The average molecular weight is 260 g/mol. The van der Waals surface area contributed by atoms with E-state index in [1.807, 2.05) is 12.1 Å². The van der Waals surface area contributed by atoms with Crippen molar-refractivity contribution in [2.24, 2.45) is 5.41 Å². The van der Waals surface area contributed by atoms with Gasteiger partial charge in [-0.1, -0.05) is 19.3 Å². The first-order valence-electron chi connectivity index (χ1n) is 7.00. The number of aliphatic hydroxyl groups is 1. The first kappa shape index (κ1) is 12.5. The van der Waals surface area contributed by atoms with Crippen LogP contribution in [-0.2, 0) is 0 Å². The summed E-state index contributed by atoms with van der Waals surface area (Å²) in [5.41, 5.74) is 0.866. The van der Waals surface area contributed by atoms with E-state index in [0.717, 1.165) is 36.2 Å². The summed E-state index contributed by atoms with van der Waals surface area (Å²) in [6.45, 7) is 1.03. The Labute approximate surface area is 112 Å². The molecule has 2 N–H and O–H groups in total. The van der Waals surface area contributed by atoms with Crippen LogP contribution in [0.5, 0.6) is 0 Å². The molecular weight excluding hydrogens is 240 g/mol. The predicted molar refractivity (Wildman–Crippen MR) is 75.1 cm³/mol. The minimum absolute atomic E-state index is 0.0197. The van der Waals surface area contributed by atoms with Crippen LogP contribution in [0.2, 0.25) is 0 Å². The maximum atomic E-state index is 9.71. The Morgan fingerprint density at radius 2 is 2.11 bits per heavy atom. The van der Waals surface area contributed by atoms with Crippen LogP contribution in [0.4, 0.5) is 5.82 Å². The highest BCUT2D eigenvalue weighted by molar-refractivity contribution is 5.87. The van der Waals surface area contributed by atoms with Gasteiger partial charge >= 0.3 is 0 Å². The normalized spacial score (nSPS) is 18.6. The number of pyridine rings is 1. The standard InChI is InChI=1S/C15H20N2O2/c18-11-15(6-2-1-3-7-15)10-17-14-12-5-9-19-13(12)4-8-16-14/h4-5,8-9,18H,1-3,6-7,10-11H2,(H,16,17). The lowest BCUT2D eigenvalue weighted by Crippen LogP contribution is -2.35. The molecule has 19 heavy (non-hydrogen) atoms. The number of nitrogens with one attached hydrogen (secondary N) is 1. The molecule has 0 amide bonds. The van der Waals surface area contributed by atoms with Crippen LogP contribution in [0.3, 0.4) is 0 Å². The molecule has 0 saturated heterocycles. The molecule has 0 aliphatic heterocycles. The molecule has 2 aromatic heterocycles. The molecule has 1 aliphatic carbocycles. The van der Waals surface area contributed by atoms with Gasteiger partial charge in [-0.2, -0.15) is 0 Å². The molecule has 2 heterocycles. The van der Waals surface area contributed by atoms with E-state index in [0.29, 0.717) is 0 Å². The second-order valence-electron chi connectivity index (χ2n) is 5.56. The van der Waals surface area contributed by atoms with Crippen LogP contribution in [0.1, 0.15) is 32.1 Å². The summed E-state index contributed by atoms with van der Waals surface area (Å²) in [6, 6.07) is 3.79. The minimum atomic E-state index is 0.0197. The molecule has 0 unspecified atom stereocenters. The summed E-state index contributed by atoms with van der Waals surface area (Å²) < 4.78 is 5.37. The van der Waals surface area contributed by atoms with Crippen molar-refractivity contribution in [3.05, 3.63) is 24.6 Å². The Balaban J connectivity index is 1.76. The highest BCUT2D eigenvalue weighted by Gasteiger charge is 2.31. The van der Waals surface area contributed by atoms with Crippen molar-refractivity contribution in [3.8, 4) is 0 Å². The van der Waals surface area contributed by atoms with Crippen molar-refractivity contribution in [1.29, 1.82) is 0 Å². The van der Waals surface area contributed by atoms with Gasteiger partial charge < -0.3 is 14.8 Å². The van der Waals surface area contributed by atoms with E-state index >= 15 is 0 Å². The van der Waals surface area contributed by atoms with Crippen LogP contribution in [0.25, 0.3) is 11.0 Å².